The topological polar surface area (TPSA) is 87.4 Å². The zero-order valence-corrected chi connectivity index (χ0v) is 17.3. The summed E-state index contributed by atoms with van der Waals surface area (Å²) in [5.41, 5.74) is 0.917. The van der Waals surface area contributed by atoms with E-state index in [2.05, 4.69) is 0 Å². The fourth-order valence-electron chi connectivity index (χ4n) is 3.36. The van der Waals surface area contributed by atoms with Crippen molar-refractivity contribution in [1.82, 2.24) is 9.13 Å². The van der Waals surface area contributed by atoms with Gasteiger partial charge in [0.05, 0.1) is 10.9 Å². The SMILES string of the molecule is CCc1ccc(C(=O)C(C)OC(=O)Cn2c(=O)n(CC)c(=O)c3ccccc32)cc1. The third-order valence-electron chi connectivity index (χ3n) is 5.06. The molecule has 0 aliphatic rings. The lowest BCUT2D eigenvalue weighted by Gasteiger charge is -2.15. The summed E-state index contributed by atoms with van der Waals surface area (Å²) < 4.78 is 7.57. The zero-order chi connectivity index (χ0) is 21.8. The van der Waals surface area contributed by atoms with E-state index in [-0.39, 0.29) is 12.3 Å². The Morgan fingerprint density at radius 1 is 0.967 bits per heavy atom. The minimum Gasteiger partial charge on any atom is -0.453 e. The van der Waals surface area contributed by atoms with Gasteiger partial charge in [0.2, 0.25) is 5.78 Å². The maximum Gasteiger partial charge on any atom is 0.332 e. The first-order valence-electron chi connectivity index (χ1n) is 9.92. The first-order chi connectivity index (χ1) is 14.4. The Labute approximate surface area is 173 Å². The molecule has 0 saturated carbocycles. The third kappa shape index (κ3) is 4.10. The molecule has 1 atom stereocenters. The minimum absolute atomic E-state index is 0.181. The van der Waals surface area contributed by atoms with Crippen LogP contribution < -0.4 is 11.2 Å². The molecule has 0 amide bonds. The zero-order valence-electron chi connectivity index (χ0n) is 17.3. The van der Waals surface area contributed by atoms with E-state index in [0.29, 0.717) is 16.5 Å². The molecule has 1 heterocycles. The van der Waals surface area contributed by atoms with Gasteiger partial charge in [-0.3, -0.25) is 23.5 Å². The molecule has 3 aromatic rings. The highest BCUT2D eigenvalue weighted by Gasteiger charge is 2.21. The Hall–Kier alpha value is -3.48. The predicted molar refractivity (Wildman–Crippen MR) is 114 cm³/mol. The van der Waals surface area contributed by atoms with Gasteiger partial charge >= 0.3 is 11.7 Å². The average Bonchev–Trinajstić information content (AvgIpc) is 2.76. The summed E-state index contributed by atoms with van der Waals surface area (Å²) >= 11 is 0. The van der Waals surface area contributed by atoms with Crippen LogP contribution in [0.2, 0.25) is 0 Å². The van der Waals surface area contributed by atoms with Crippen LogP contribution in [0.25, 0.3) is 10.9 Å². The molecule has 2 aromatic carbocycles. The van der Waals surface area contributed by atoms with Crippen molar-refractivity contribution in [3.05, 3.63) is 80.5 Å². The molecule has 0 N–H and O–H groups in total. The molecule has 30 heavy (non-hydrogen) atoms. The van der Waals surface area contributed by atoms with Gasteiger partial charge in [0, 0.05) is 12.1 Å². The number of ketones is 1. The molecule has 0 aliphatic heterocycles. The number of carbonyl (C=O) groups is 2. The third-order valence-corrected chi connectivity index (χ3v) is 5.06. The van der Waals surface area contributed by atoms with E-state index in [9.17, 15) is 19.2 Å². The number of nitrogens with zero attached hydrogens (tertiary/aromatic N) is 2. The van der Waals surface area contributed by atoms with E-state index in [4.69, 9.17) is 4.74 Å². The van der Waals surface area contributed by atoms with Crippen LogP contribution in [-0.2, 0) is 29.0 Å². The van der Waals surface area contributed by atoms with Gasteiger partial charge in [-0.15, -0.1) is 0 Å². The summed E-state index contributed by atoms with van der Waals surface area (Å²) in [4.78, 5) is 50.3. The quantitative estimate of drug-likeness (QED) is 0.443. The highest BCUT2D eigenvalue weighted by Crippen LogP contribution is 2.11. The van der Waals surface area contributed by atoms with Gasteiger partial charge in [0.15, 0.2) is 6.10 Å². The van der Waals surface area contributed by atoms with Crippen molar-refractivity contribution >= 4 is 22.7 Å². The molecule has 1 unspecified atom stereocenters. The summed E-state index contributed by atoms with van der Waals surface area (Å²) in [6.45, 7) is 4.99. The predicted octanol–water partition coefficient (Wildman–Crippen LogP) is 2.56. The number of aromatic nitrogens is 2. The molecular weight excluding hydrogens is 384 g/mol. The largest absolute Gasteiger partial charge is 0.453 e. The van der Waals surface area contributed by atoms with Gasteiger partial charge < -0.3 is 4.74 Å². The van der Waals surface area contributed by atoms with Crippen LogP contribution in [0.15, 0.2) is 58.1 Å². The highest BCUT2D eigenvalue weighted by atomic mass is 16.5. The minimum atomic E-state index is -0.996. The number of hydrogen-bond acceptors (Lipinski definition) is 5. The van der Waals surface area contributed by atoms with Crippen molar-refractivity contribution in [2.45, 2.75) is 46.4 Å². The van der Waals surface area contributed by atoms with Crippen molar-refractivity contribution in [2.75, 3.05) is 0 Å². The highest BCUT2D eigenvalue weighted by molar-refractivity contribution is 6.00. The van der Waals surface area contributed by atoms with Gasteiger partial charge in [-0.2, -0.15) is 0 Å². The van der Waals surface area contributed by atoms with E-state index in [1.54, 1.807) is 43.3 Å². The lowest BCUT2D eigenvalue weighted by atomic mass is 10.0. The van der Waals surface area contributed by atoms with Crippen LogP contribution in [0.5, 0.6) is 0 Å². The number of benzene rings is 2. The fraction of sp³-hybridized carbons (Fsp3) is 0.304. The Bertz CT molecular complexity index is 1200. The number of rotatable bonds is 7. The van der Waals surface area contributed by atoms with Gasteiger partial charge in [0.1, 0.15) is 6.54 Å². The van der Waals surface area contributed by atoms with Crippen molar-refractivity contribution in [2.24, 2.45) is 0 Å². The Kier molecular flexibility index (Phi) is 6.30. The Morgan fingerprint density at radius 3 is 2.27 bits per heavy atom. The van der Waals surface area contributed by atoms with Crippen molar-refractivity contribution < 1.29 is 14.3 Å². The molecular formula is C23H24N2O5. The number of carbonyl (C=O) groups excluding carboxylic acids is 2. The number of aryl methyl sites for hydroxylation is 1. The van der Waals surface area contributed by atoms with Gasteiger partial charge in [-0.1, -0.05) is 43.3 Å². The van der Waals surface area contributed by atoms with E-state index in [1.807, 2.05) is 19.1 Å². The smallest absolute Gasteiger partial charge is 0.332 e. The fourth-order valence-corrected chi connectivity index (χ4v) is 3.36. The molecule has 0 spiro atoms. The van der Waals surface area contributed by atoms with Gasteiger partial charge in [-0.25, -0.2) is 4.79 Å². The van der Waals surface area contributed by atoms with Crippen LogP contribution in [0.1, 0.15) is 36.7 Å². The molecule has 0 aliphatic carbocycles. The number of esters is 1. The molecule has 0 radical (unpaired) electrons. The molecule has 7 nitrogen and oxygen atoms in total. The molecule has 7 heteroatoms. The van der Waals surface area contributed by atoms with Crippen LogP contribution in [0, 0.1) is 0 Å². The number of Topliss-reactive ketones (excluding diaryl/α,β-unsaturated/α-hetero) is 1. The second-order valence-electron chi connectivity index (χ2n) is 6.98. The molecule has 156 valence electrons. The molecule has 0 bridgehead atoms. The summed E-state index contributed by atoms with van der Waals surface area (Å²) in [5, 5.41) is 0.340. The van der Waals surface area contributed by atoms with E-state index >= 15 is 0 Å². The second kappa shape index (κ2) is 8.90. The summed E-state index contributed by atoms with van der Waals surface area (Å²) in [6.07, 6.45) is -0.134. The standard InChI is InChI=1S/C23H24N2O5/c1-4-16-10-12-17(13-11-16)21(27)15(3)30-20(26)14-25-19-9-7-6-8-18(19)22(28)24(5-2)23(25)29/h6-13,15H,4-5,14H2,1-3H3. The first-order valence-corrected chi connectivity index (χ1v) is 9.92. The first kappa shape index (κ1) is 21.2. The van der Waals surface area contributed by atoms with Crippen LogP contribution in [-0.4, -0.2) is 27.0 Å². The number of ether oxygens (including phenoxy) is 1. The lowest BCUT2D eigenvalue weighted by molar-refractivity contribution is -0.147. The molecule has 0 fully saturated rings. The number of para-hydroxylation sites is 1. The Balaban J connectivity index is 1.84. The maximum absolute atomic E-state index is 12.7. The summed E-state index contributed by atoms with van der Waals surface area (Å²) in [6, 6.07) is 13.7. The van der Waals surface area contributed by atoms with Crippen LogP contribution in [0.4, 0.5) is 0 Å². The van der Waals surface area contributed by atoms with Crippen molar-refractivity contribution in [3.8, 4) is 0 Å². The summed E-state index contributed by atoms with van der Waals surface area (Å²) in [7, 11) is 0. The second-order valence-corrected chi connectivity index (χ2v) is 6.98. The van der Waals surface area contributed by atoms with Crippen molar-refractivity contribution in [3.63, 3.8) is 0 Å². The Morgan fingerprint density at radius 2 is 1.63 bits per heavy atom. The lowest BCUT2D eigenvalue weighted by Crippen LogP contribution is -2.41. The van der Waals surface area contributed by atoms with E-state index in [1.165, 1.54) is 11.5 Å². The van der Waals surface area contributed by atoms with Crippen molar-refractivity contribution in [1.29, 1.82) is 0 Å². The molecule has 3 rings (SSSR count). The van der Waals surface area contributed by atoms with Crippen LogP contribution >= 0.6 is 0 Å². The monoisotopic (exact) mass is 408 g/mol. The normalized spacial score (nSPS) is 12.0. The molecule has 1 aromatic heterocycles. The van der Waals surface area contributed by atoms with Gasteiger partial charge in [0.25, 0.3) is 5.56 Å². The molecule has 0 saturated heterocycles. The van der Waals surface area contributed by atoms with Gasteiger partial charge in [-0.05, 0) is 38.0 Å². The van der Waals surface area contributed by atoms with E-state index < -0.39 is 29.9 Å². The average molecular weight is 408 g/mol. The number of hydrogen-bond donors (Lipinski definition) is 0. The maximum atomic E-state index is 12.7. The number of fused-ring (bicyclic) bond motifs is 1. The van der Waals surface area contributed by atoms with E-state index in [0.717, 1.165) is 16.6 Å². The van der Waals surface area contributed by atoms with Crippen LogP contribution in [0.3, 0.4) is 0 Å². The summed E-state index contributed by atoms with van der Waals surface area (Å²) in [5.74, 6) is -1.05.